The van der Waals surface area contributed by atoms with E-state index in [0.717, 1.165) is 37.4 Å². The van der Waals surface area contributed by atoms with Crippen LogP contribution in [0.4, 0.5) is 11.4 Å². The quantitative estimate of drug-likeness (QED) is 0.649. The largest absolute Gasteiger partial charge is 0.490 e. The van der Waals surface area contributed by atoms with E-state index in [1.54, 1.807) is 12.1 Å². The number of hydrogen-bond acceptors (Lipinski definition) is 5. The number of nitrogens with one attached hydrogen (secondary N) is 1. The molecule has 0 aliphatic carbocycles. The number of hydrogen-bond donors (Lipinski definition) is 3. The lowest BCUT2D eigenvalue weighted by Crippen LogP contribution is -2.36. The van der Waals surface area contributed by atoms with E-state index in [-0.39, 0.29) is 6.10 Å². The summed E-state index contributed by atoms with van der Waals surface area (Å²) in [5.74, 6) is 2.85. The molecule has 0 amide bonds. The van der Waals surface area contributed by atoms with E-state index in [9.17, 15) is 0 Å². The maximum atomic E-state index is 6.36. The summed E-state index contributed by atoms with van der Waals surface area (Å²) in [6.45, 7) is 4.37. The smallest absolute Gasteiger partial charge is 0.131 e. The van der Waals surface area contributed by atoms with Gasteiger partial charge >= 0.3 is 0 Å². The second-order valence-corrected chi connectivity index (χ2v) is 6.90. The number of benzene rings is 2. The van der Waals surface area contributed by atoms with Crippen molar-refractivity contribution >= 4 is 11.4 Å². The van der Waals surface area contributed by atoms with Gasteiger partial charge in [0.15, 0.2) is 0 Å². The highest BCUT2D eigenvalue weighted by atomic mass is 16.5. The van der Waals surface area contributed by atoms with Gasteiger partial charge in [-0.1, -0.05) is 19.4 Å². The molecular formula is C21H29N3O2. The van der Waals surface area contributed by atoms with Gasteiger partial charge in [-0.3, -0.25) is 0 Å². The first-order valence-electron chi connectivity index (χ1n) is 9.46. The average molecular weight is 355 g/mol. The van der Waals surface area contributed by atoms with Crippen LogP contribution in [-0.4, -0.2) is 19.2 Å². The van der Waals surface area contributed by atoms with E-state index in [4.69, 9.17) is 20.9 Å². The third kappa shape index (κ3) is 4.82. The lowest BCUT2D eigenvalue weighted by molar-refractivity contribution is 0.103. The third-order valence-corrected chi connectivity index (χ3v) is 4.87. The van der Waals surface area contributed by atoms with E-state index in [2.05, 4.69) is 12.2 Å². The van der Waals surface area contributed by atoms with Crippen LogP contribution in [0.1, 0.15) is 32.6 Å². The Kier molecular flexibility index (Phi) is 6.23. The van der Waals surface area contributed by atoms with Gasteiger partial charge in [-0.15, -0.1) is 0 Å². The SMILES string of the molecule is CCCC(Oc1cccc(Oc2ccc(N)c(N)c2)c1)C1CCNCC1. The fourth-order valence-electron chi connectivity index (χ4n) is 3.43. The fourth-order valence-corrected chi connectivity index (χ4v) is 3.43. The van der Waals surface area contributed by atoms with Gasteiger partial charge in [0.05, 0.1) is 11.4 Å². The van der Waals surface area contributed by atoms with E-state index < -0.39 is 0 Å². The lowest BCUT2D eigenvalue weighted by Gasteiger charge is -2.31. The van der Waals surface area contributed by atoms with Crippen LogP contribution in [0.15, 0.2) is 42.5 Å². The van der Waals surface area contributed by atoms with Gasteiger partial charge in [-0.25, -0.2) is 0 Å². The zero-order chi connectivity index (χ0) is 18.4. The molecule has 5 heteroatoms. The zero-order valence-corrected chi connectivity index (χ0v) is 15.4. The molecule has 3 rings (SSSR count). The Labute approximate surface area is 155 Å². The Bertz CT molecular complexity index is 714. The topological polar surface area (TPSA) is 82.5 Å². The molecule has 1 fully saturated rings. The molecule has 1 unspecified atom stereocenters. The predicted octanol–water partition coefficient (Wildman–Crippen LogP) is 4.19. The van der Waals surface area contributed by atoms with Crippen LogP contribution in [0.5, 0.6) is 17.2 Å². The van der Waals surface area contributed by atoms with Gasteiger partial charge in [0.2, 0.25) is 0 Å². The Balaban J connectivity index is 1.69. The molecule has 5 nitrogen and oxygen atoms in total. The first-order valence-corrected chi connectivity index (χ1v) is 9.46. The minimum Gasteiger partial charge on any atom is -0.490 e. The number of ether oxygens (including phenoxy) is 2. The molecule has 0 radical (unpaired) electrons. The van der Waals surface area contributed by atoms with Gasteiger partial charge in [0.25, 0.3) is 0 Å². The van der Waals surface area contributed by atoms with Crippen molar-refractivity contribution in [1.82, 2.24) is 5.32 Å². The summed E-state index contributed by atoms with van der Waals surface area (Å²) in [4.78, 5) is 0. The first kappa shape index (κ1) is 18.4. The summed E-state index contributed by atoms with van der Waals surface area (Å²) in [5.41, 5.74) is 12.7. The zero-order valence-electron chi connectivity index (χ0n) is 15.4. The van der Waals surface area contributed by atoms with Gasteiger partial charge in [-0.05, 0) is 62.5 Å². The molecule has 26 heavy (non-hydrogen) atoms. The van der Waals surface area contributed by atoms with Crippen LogP contribution in [0, 0.1) is 5.92 Å². The summed E-state index contributed by atoms with van der Waals surface area (Å²) < 4.78 is 12.3. The van der Waals surface area contributed by atoms with Crippen molar-refractivity contribution in [3.8, 4) is 17.2 Å². The summed E-state index contributed by atoms with van der Waals surface area (Å²) in [6, 6.07) is 13.1. The van der Waals surface area contributed by atoms with E-state index >= 15 is 0 Å². The third-order valence-electron chi connectivity index (χ3n) is 4.87. The molecular weight excluding hydrogens is 326 g/mol. The monoisotopic (exact) mass is 355 g/mol. The van der Waals surface area contributed by atoms with E-state index in [0.29, 0.717) is 23.0 Å². The van der Waals surface area contributed by atoms with Crippen LogP contribution in [0.2, 0.25) is 0 Å². The number of piperidine rings is 1. The Morgan fingerprint density at radius 2 is 1.73 bits per heavy atom. The number of nitrogen functional groups attached to an aromatic ring is 2. The minimum absolute atomic E-state index is 0.254. The van der Waals surface area contributed by atoms with Crippen molar-refractivity contribution in [2.45, 2.75) is 38.7 Å². The molecule has 0 bridgehead atoms. The molecule has 0 saturated carbocycles. The average Bonchev–Trinajstić information content (AvgIpc) is 2.65. The molecule has 2 aromatic rings. The van der Waals surface area contributed by atoms with Gasteiger partial charge in [-0.2, -0.15) is 0 Å². The molecule has 2 aromatic carbocycles. The van der Waals surface area contributed by atoms with Crippen molar-refractivity contribution < 1.29 is 9.47 Å². The molecule has 5 N–H and O–H groups in total. The van der Waals surface area contributed by atoms with Crippen LogP contribution >= 0.6 is 0 Å². The van der Waals surface area contributed by atoms with Crippen molar-refractivity contribution in [3.05, 3.63) is 42.5 Å². The highest BCUT2D eigenvalue weighted by Crippen LogP contribution is 2.30. The number of anilines is 2. The maximum absolute atomic E-state index is 6.36. The second-order valence-electron chi connectivity index (χ2n) is 6.90. The van der Waals surface area contributed by atoms with E-state index in [1.165, 1.54) is 12.8 Å². The molecule has 1 aliphatic rings. The summed E-state index contributed by atoms with van der Waals surface area (Å²) in [7, 11) is 0. The molecule has 1 saturated heterocycles. The van der Waals surface area contributed by atoms with Gasteiger partial charge in [0.1, 0.15) is 23.4 Å². The standard InChI is InChI=1S/C21H29N3O2/c1-2-4-21(15-9-11-24-12-10-15)26-17-6-3-5-16(13-17)25-18-7-8-19(22)20(23)14-18/h3,5-8,13-15,21,24H,2,4,9-12,22-23H2,1H3. The lowest BCUT2D eigenvalue weighted by atomic mass is 9.89. The summed E-state index contributed by atoms with van der Waals surface area (Å²) in [6.07, 6.45) is 4.79. The summed E-state index contributed by atoms with van der Waals surface area (Å²) >= 11 is 0. The highest BCUT2D eigenvalue weighted by Gasteiger charge is 2.24. The van der Waals surface area contributed by atoms with Crippen molar-refractivity contribution in [2.75, 3.05) is 24.6 Å². The molecule has 0 spiro atoms. The minimum atomic E-state index is 0.254. The van der Waals surface area contributed by atoms with Gasteiger partial charge in [0, 0.05) is 12.1 Å². The van der Waals surface area contributed by atoms with Crippen molar-refractivity contribution in [2.24, 2.45) is 5.92 Å². The van der Waals surface area contributed by atoms with Crippen LogP contribution in [0.25, 0.3) is 0 Å². The first-order chi connectivity index (χ1) is 12.7. The molecule has 1 aliphatic heterocycles. The van der Waals surface area contributed by atoms with Gasteiger partial charge < -0.3 is 26.3 Å². The summed E-state index contributed by atoms with van der Waals surface area (Å²) in [5, 5.41) is 3.43. The normalized spacial score (nSPS) is 16.2. The molecule has 0 aromatic heterocycles. The Hall–Kier alpha value is -2.40. The number of nitrogens with two attached hydrogens (primary N) is 2. The predicted molar refractivity (Wildman–Crippen MR) is 107 cm³/mol. The van der Waals surface area contributed by atoms with E-state index in [1.807, 2.05) is 30.3 Å². The fraction of sp³-hybridized carbons (Fsp3) is 0.429. The van der Waals surface area contributed by atoms with Crippen LogP contribution < -0.4 is 26.3 Å². The molecule has 1 atom stereocenters. The molecule has 140 valence electrons. The number of rotatable bonds is 7. The van der Waals surface area contributed by atoms with Crippen LogP contribution in [-0.2, 0) is 0 Å². The highest BCUT2D eigenvalue weighted by molar-refractivity contribution is 5.65. The Morgan fingerprint density at radius 1 is 1.00 bits per heavy atom. The second kappa shape index (κ2) is 8.81. The Morgan fingerprint density at radius 3 is 2.46 bits per heavy atom. The van der Waals surface area contributed by atoms with Crippen molar-refractivity contribution in [1.29, 1.82) is 0 Å². The molecule has 1 heterocycles. The van der Waals surface area contributed by atoms with Crippen molar-refractivity contribution in [3.63, 3.8) is 0 Å². The van der Waals surface area contributed by atoms with Crippen LogP contribution in [0.3, 0.4) is 0 Å². The maximum Gasteiger partial charge on any atom is 0.131 e.